The third-order valence-electron chi connectivity index (χ3n) is 5.70. The van der Waals surface area contributed by atoms with E-state index in [1.165, 1.54) is 14.2 Å². The fourth-order valence-corrected chi connectivity index (χ4v) is 4.37. The van der Waals surface area contributed by atoms with E-state index >= 15 is 0 Å². The molecule has 0 amide bonds. The highest BCUT2D eigenvalue weighted by molar-refractivity contribution is 6.24. The molecule has 2 aliphatic rings. The zero-order chi connectivity index (χ0) is 20.4. The molecule has 1 aromatic rings. The molecule has 0 spiro atoms. The van der Waals surface area contributed by atoms with Crippen LogP contribution in [-0.4, -0.2) is 36.9 Å². The summed E-state index contributed by atoms with van der Waals surface area (Å²) in [6.45, 7) is 1.63. The number of Topliss-reactive ketones (excluding diaryl/α,β-unsaturated/α-hetero) is 2. The van der Waals surface area contributed by atoms with Crippen LogP contribution in [0.4, 0.5) is 0 Å². The second kappa shape index (κ2) is 8.00. The van der Waals surface area contributed by atoms with Crippen LogP contribution in [0, 0.1) is 5.92 Å². The normalized spacial score (nSPS) is 22.2. The van der Waals surface area contributed by atoms with Crippen LogP contribution in [0.5, 0.6) is 0 Å². The molecule has 2 atom stereocenters. The van der Waals surface area contributed by atoms with Gasteiger partial charge in [0.05, 0.1) is 14.2 Å². The molecule has 6 heteroatoms. The molecule has 28 heavy (non-hydrogen) atoms. The van der Waals surface area contributed by atoms with Crippen LogP contribution in [0.1, 0.15) is 43.2 Å². The van der Waals surface area contributed by atoms with Crippen molar-refractivity contribution in [2.75, 3.05) is 14.2 Å². The number of aryl methyl sites for hydroxylation is 1. The van der Waals surface area contributed by atoms with Crippen molar-refractivity contribution < 1.29 is 29.0 Å². The van der Waals surface area contributed by atoms with Crippen molar-refractivity contribution in [1.82, 2.24) is 0 Å². The van der Waals surface area contributed by atoms with Crippen molar-refractivity contribution in [1.29, 1.82) is 0 Å². The van der Waals surface area contributed by atoms with Crippen LogP contribution in [-0.2, 0) is 30.3 Å². The number of allylic oxidation sites excluding steroid dienone is 2. The van der Waals surface area contributed by atoms with Gasteiger partial charge in [0.25, 0.3) is 0 Å². The zero-order valence-corrected chi connectivity index (χ0v) is 16.3. The standard InChI is InChI=1S/C22H24O6/c1-12-17(20(26)22(28-3)21(27-2)19(12)25)18-14(10-11-16(23)24)9-8-13-6-4-5-7-15(13)18/h4-7,14,18H,8-11H2,1-3H3,(H,23,24)/t14-,18-/m1/s1. The van der Waals surface area contributed by atoms with E-state index in [1.807, 2.05) is 24.3 Å². The number of hydrogen-bond acceptors (Lipinski definition) is 5. The number of hydrogen-bond donors (Lipinski definition) is 1. The molecular formula is C22H24O6. The Bertz CT molecular complexity index is 892. The number of benzene rings is 1. The van der Waals surface area contributed by atoms with Gasteiger partial charge in [-0.2, -0.15) is 0 Å². The van der Waals surface area contributed by atoms with E-state index in [2.05, 4.69) is 0 Å². The summed E-state index contributed by atoms with van der Waals surface area (Å²) >= 11 is 0. The average molecular weight is 384 g/mol. The van der Waals surface area contributed by atoms with Gasteiger partial charge in [-0.05, 0) is 43.2 Å². The van der Waals surface area contributed by atoms with E-state index < -0.39 is 5.97 Å². The van der Waals surface area contributed by atoms with Crippen molar-refractivity contribution in [2.24, 2.45) is 5.92 Å². The topological polar surface area (TPSA) is 89.9 Å². The molecule has 0 saturated heterocycles. The van der Waals surface area contributed by atoms with Crippen molar-refractivity contribution in [3.05, 3.63) is 58.1 Å². The summed E-state index contributed by atoms with van der Waals surface area (Å²) in [5, 5.41) is 9.15. The van der Waals surface area contributed by atoms with Crippen molar-refractivity contribution in [3.8, 4) is 0 Å². The van der Waals surface area contributed by atoms with Crippen LogP contribution in [0.2, 0.25) is 0 Å². The maximum atomic E-state index is 13.3. The van der Waals surface area contributed by atoms with E-state index in [9.17, 15) is 14.4 Å². The first-order valence-corrected chi connectivity index (χ1v) is 9.32. The van der Waals surface area contributed by atoms with Gasteiger partial charge in [-0.1, -0.05) is 24.3 Å². The monoisotopic (exact) mass is 384 g/mol. The first-order chi connectivity index (χ1) is 13.4. The van der Waals surface area contributed by atoms with Gasteiger partial charge in [-0.25, -0.2) is 0 Å². The van der Waals surface area contributed by atoms with Crippen LogP contribution in [0.25, 0.3) is 0 Å². The number of ketones is 2. The molecule has 0 radical (unpaired) electrons. The largest absolute Gasteiger partial charge is 0.489 e. The Balaban J connectivity index is 2.13. The van der Waals surface area contributed by atoms with Crippen LogP contribution >= 0.6 is 0 Å². The Morgan fingerprint density at radius 2 is 1.75 bits per heavy atom. The SMILES string of the molecule is COC1=C(OC)C(=O)C([C@H]2c3ccccc3CC[C@@H]2CCC(=O)O)=C(C)C1=O. The number of fused-ring (bicyclic) bond motifs is 1. The van der Waals surface area contributed by atoms with Gasteiger partial charge in [-0.15, -0.1) is 0 Å². The molecular weight excluding hydrogens is 360 g/mol. The van der Waals surface area contributed by atoms with Gasteiger partial charge in [0.1, 0.15) is 0 Å². The smallest absolute Gasteiger partial charge is 0.303 e. The molecule has 0 aliphatic heterocycles. The molecule has 0 heterocycles. The number of carbonyl (C=O) groups is 3. The fourth-order valence-electron chi connectivity index (χ4n) is 4.37. The molecule has 1 aromatic carbocycles. The molecule has 0 saturated carbocycles. The lowest BCUT2D eigenvalue weighted by atomic mass is 9.67. The minimum Gasteiger partial charge on any atom is -0.489 e. The number of ether oxygens (including phenoxy) is 2. The van der Waals surface area contributed by atoms with E-state index in [-0.39, 0.29) is 41.3 Å². The lowest BCUT2D eigenvalue weighted by Crippen LogP contribution is -2.32. The van der Waals surface area contributed by atoms with Gasteiger partial charge in [0.15, 0.2) is 0 Å². The highest BCUT2D eigenvalue weighted by Crippen LogP contribution is 2.46. The minimum absolute atomic E-state index is 0.0219. The first-order valence-electron chi connectivity index (χ1n) is 9.32. The molecule has 0 bridgehead atoms. The highest BCUT2D eigenvalue weighted by Gasteiger charge is 2.42. The Hall–Kier alpha value is -2.89. The third-order valence-corrected chi connectivity index (χ3v) is 5.70. The lowest BCUT2D eigenvalue weighted by Gasteiger charge is -2.36. The molecule has 6 nitrogen and oxygen atoms in total. The average Bonchev–Trinajstić information content (AvgIpc) is 2.69. The van der Waals surface area contributed by atoms with Gasteiger partial charge >= 0.3 is 5.97 Å². The highest BCUT2D eigenvalue weighted by atomic mass is 16.5. The summed E-state index contributed by atoms with van der Waals surface area (Å²) in [5.41, 5.74) is 2.84. The summed E-state index contributed by atoms with van der Waals surface area (Å²) in [5.74, 6) is -2.16. The Morgan fingerprint density at radius 1 is 1.11 bits per heavy atom. The summed E-state index contributed by atoms with van der Waals surface area (Å²) in [7, 11) is 2.68. The number of rotatable bonds is 6. The lowest BCUT2D eigenvalue weighted by molar-refractivity contribution is -0.137. The van der Waals surface area contributed by atoms with Gasteiger partial charge < -0.3 is 14.6 Å². The molecule has 0 aromatic heterocycles. The number of carboxylic acid groups (broad SMARTS) is 1. The number of carboxylic acids is 1. The quantitative estimate of drug-likeness (QED) is 0.758. The summed E-state index contributed by atoms with van der Waals surface area (Å²) in [4.78, 5) is 37.3. The van der Waals surface area contributed by atoms with E-state index in [4.69, 9.17) is 14.6 Å². The van der Waals surface area contributed by atoms with Crippen molar-refractivity contribution in [3.63, 3.8) is 0 Å². The second-order valence-electron chi connectivity index (χ2n) is 7.17. The van der Waals surface area contributed by atoms with Crippen LogP contribution in [0.3, 0.4) is 0 Å². The Kier molecular flexibility index (Phi) is 5.68. The molecule has 148 valence electrons. The van der Waals surface area contributed by atoms with Crippen molar-refractivity contribution in [2.45, 2.75) is 38.5 Å². The number of carbonyl (C=O) groups excluding carboxylic acids is 2. The minimum atomic E-state index is -0.867. The van der Waals surface area contributed by atoms with E-state index in [0.29, 0.717) is 17.6 Å². The molecule has 0 fully saturated rings. The summed E-state index contributed by atoms with van der Waals surface area (Å²) in [6.07, 6.45) is 2.04. The maximum Gasteiger partial charge on any atom is 0.303 e. The first kappa shape index (κ1) is 19.9. The molecule has 3 rings (SSSR count). The van der Waals surface area contributed by atoms with Crippen LogP contribution in [0.15, 0.2) is 46.9 Å². The van der Waals surface area contributed by atoms with E-state index in [1.54, 1.807) is 6.92 Å². The van der Waals surface area contributed by atoms with Crippen molar-refractivity contribution >= 4 is 17.5 Å². The Labute approximate surface area is 163 Å². The molecule has 1 N–H and O–H groups in total. The second-order valence-corrected chi connectivity index (χ2v) is 7.17. The number of methoxy groups -OCH3 is 2. The van der Waals surface area contributed by atoms with Gasteiger partial charge in [-0.3, -0.25) is 14.4 Å². The van der Waals surface area contributed by atoms with E-state index in [0.717, 1.165) is 24.0 Å². The van der Waals surface area contributed by atoms with Crippen LogP contribution < -0.4 is 0 Å². The molecule has 2 aliphatic carbocycles. The maximum absolute atomic E-state index is 13.3. The van der Waals surface area contributed by atoms with Gasteiger partial charge in [0, 0.05) is 23.5 Å². The predicted octanol–water partition coefficient (Wildman–Crippen LogP) is 3.17. The van der Waals surface area contributed by atoms with Gasteiger partial charge in [0.2, 0.25) is 23.1 Å². The number of aliphatic carboxylic acids is 1. The Morgan fingerprint density at radius 3 is 2.39 bits per heavy atom. The third kappa shape index (κ3) is 3.35. The molecule has 0 unspecified atom stereocenters. The predicted molar refractivity (Wildman–Crippen MR) is 102 cm³/mol. The summed E-state index contributed by atoms with van der Waals surface area (Å²) in [6, 6.07) is 7.84. The zero-order valence-electron chi connectivity index (χ0n) is 16.3. The fraction of sp³-hybridized carbons (Fsp3) is 0.409. The summed E-state index contributed by atoms with van der Waals surface area (Å²) < 4.78 is 10.4.